The van der Waals surface area contributed by atoms with Crippen molar-refractivity contribution in [2.75, 3.05) is 26.0 Å². The number of fused-ring (bicyclic) bond motifs is 2. The van der Waals surface area contributed by atoms with Crippen molar-refractivity contribution in [2.45, 2.75) is 37.4 Å². The lowest BCUT2D eigenvalue weighted by Gasteiger charge is -2.31. The van der Waals surface area contributed by atoms with Gasteiger partial charge in [0, 0.05) is 25.3 Å². The van der Waals surface area contributed by atoms with Gasteiger partial charge in [0.15, 0.2) is 10.8 Å². The second-order valence-electron chi connectivity index (χ2n) is 8.55. The Bertz CT molecular complexity index is 1270. The zero-order chi connectivity index (χ0) is 23.1. The number of likely N-dealkylation sites (tertiary alicyclic amines) is 1. The number of hydrogen-bond donors (Lipinski definition) is 0. The van der Waals surface area contributed by atoms with Gasteiger partial charge in [-0.15, -0.1) is 0 Å². The summed E-state index contributed by atoms with van der Waals surface area (Å²) in [4.78, 5) is 44.5. The molecule has 1 amide bonds. The van der Waals surface area contributed by atoms with E-state index in [9.17, 15) is 14.4 Å². The van der Waals surface area contributed by atoms with E-state index < -0.39 is 0 Å². The van der Waals surface area contributed by atoms with Gasteiger partial charge in [-0.25, -0.2) is 9.67 Å². The first-order chi connectivity index (χ1) is 16.0. The number of thioether (sulfide) groups is 1. The second-order valence-corrected chi connectivity index (χ2v) is 9.53. The first kappa shape index (κ1) is 21.7. The monoisotopic (exact) mass is 467 g/mol. The van der Waals surface area contributed by atoms with Crippen LogP contribution in [-0.4, -0.2) is 62.1 Å². The number of amides is 1. The van der Waals surface area contributed by atoms with E-state index in [2.05, 4.69) is 5.10 Å². The summed E-state index contributed by atoms with van der Waals surface area (Å²) < 4.78 is 8.15. The summed E-state index contributed by atoms with van der Waals surface area (Å²) in [6.45, 7) is 3.07. The highest BCUT2D eigenvalue weighted by Crippen LogP contribution is 2.34. The molecule has 4 heterocycles. The maximum Gasteiger partial charge on any atom is 0.308 e. The van der Waals surface area contributed by atoms with Crippen LogP contribution < -0.4 is 5.56 Å². The van der Waals surface area contributed by atoms with Gasteiger partial charge in [0.1, 0.15) is 5.39 Å². The molecule has 0 spiro atoms. The first-order valence-electron chi connectivity index (χ1n) is 11.0. The van der Waals surface area contributed by atoms with Gasteiger partial charge in [-0.05, 0) is 31.9 Å². The average molecular weight is 468 g/mol. The summed E-state index contributed by atoms with van der Waals surface area (Å²) in [5.74, 6) is 0.263. The van der Waals surface area contributed by atoms with Crippen molar-refractivity contribution < 1.29 is 14.3 Å². The van der Waals surface area contributed by atoms with Gasteiger partial charge in [0.25, 0.3) is 5.56 Å². The molecular formula is C23H25N5O4S. The van der Waals surface area contributed by atoms with Crippen LogP contribution in [0.3, 0.4) is 0 Å². The number of piperidine rings is 1. The summed E-state index contributed by atoms with van der Waals surface area (Å²) in [5.41, 5.74) is 2.35. The minimum absolute atomic E-state index is 0.000821. The van der Waals surface area contributed by atoms with E-state index in [0.29, 0.717) is 47.9 Å². The number of carbonyl (C=O) groups is 2. The van der Waals surface area contributed by atoms with Crippen molar-refractivity contribution in [3.05, 3.63) is 46.4 Å². The van der Waals surface area contributed by atoms with Gasteiger partial charge in [0.2, 0.25) is 5.91 Å². The summed E-state index contributed by atoms with van der Waals surface area (Å²) >= 11 is 1.49. The largest absolute Gasteiger partial charge is 0.469 e. The van der Waals surface area contributed by atoms with Crippen LogP contribution in [0.4, 0.5) is 0 Å². The van der Waals surface area contributed by atoms with Crippen molar-refractivity contribution in [3.8, 4) is 5.69 Å². The van der Waals surface area contributed by atoms with Crippen molar-refractivity contribution in [1.82, 2.24) is 24.2 Å². The predicted molar refractivity (Wildman–Crippen MR) is 124 cm³/mol. The lowest BCUT2D eigenvalue weighted by molar-refractivity contribution is -0.149. The van der Waals surface area contributed by atoms with Crippen LogP contribution >= 0.6 is 11.8 Å². The predicted octanol–water partition coefficient (Wildman–Crippen LogP) is 2.34. The number of rotatable bonds is 4. The molecule has 3 aromatic rings. The van der Waals surface area contributed by atoms with Gasteiger partial charge in [-0.3, -0.25) is 19.0 Å². The standard InChI is InChI=1S/C23H25N5O4S/c1-14-3-5-16(6-4-14)28-20-18(12-24-28)21(30)27-17(13-33-23(27)25-20)11-19(29)26-9-7-15(8-10-26)22(31)32-2/h3-6,12,15,17H,7-11,13H2,1-2H3. The van der Waals surface area contributed by atoms with E-state index in [1.54, 1.807) is 20.3 Å². The molecule has 0 radical (unpaired) electrons. The maximum atomic E-state index is 13.3. The van der Waals surface area contributed by atoms with Gasteiger partial charge < -0.3 is 9.64 Å². The molecule has 33 heavy (non-hydrogen) atoms. The van der Waals surface area contributed by atoms with E-state index in [1.165, 1.54) is 18.9 Å². The molecule has 9 nitrogen and oxygen atoms in total. The maximum absolute atomic E-state index is 13.3. The molecule has 1 unspecified atom stereocenters. The van der Waals surface area contributed by atoms with Crippen LogP contribution in [0.25, 0.3) is 16.7 Å². The molecule has 0 N–H and O–H groups in total. The summed E-state index contributed by atoms with van der Waals surface area (Å²) in [7, 11) is 1.39. The molecular weight excluding hydrogens is 442 g/mol. The fourth-order valence-electron chi connectivity index (χ4n) is 4.52. The molecule has 0 bridgehead atoms. The van der Waals surface area contributed by atoms with Gasteiger partial charge in [-0.2, -0.15) is 5.10 Å². The third kappa shape index (κ3) is 3.92. The van der Waals surface area contributed by atoms with E-state index in [0.717, 1.165) is 11.3 Å². The highest BCUT2D eigenvalue weighted by molar-refractivity contribution is 7.99. The van der Waals surface area contributed by atoms with E-state index in [4.69, 9.17) is 9.72 Å². The zero-order valence-corrected chi connectivity index (χ0v) is 19.4. The molecule has 172 valence electrons. The Morgan fingerprint density at radius 1 is 1.18 bits per heavy atom. The number of hydrogen-bond acceptors (Lipinski definition) is 7. The van der Waals surface area contributed by atoms with Crippen molar-refractivity contribution in [3.63, 3.8) is 0 Å². The van der Waals surface area contributed by atoms with Gasteiger partial charge in [-0.1, -0.05) is 29.5 Å². The SMILES string of the molecule is COC(=O)C1CCN(C(=O)CC2CSc3nc4c(cnn4-c4ccc(C)cc4)c(=O)n32)CC1. The number of methoxy groups -OCH3 is 1. The summed E-state index contributed by atoms with van der Waals surface area (Å²) in [5, 5.41) is 5.46. The van der Waals surface area contributed by atoms with E-state index in [-0.39, 0.29) is 35.8 Å². The highest BCUT2D eigenvalue weighted by atomic mass is 32.2. The number of carbonyl (C=O) groups excluding carboxylic acids is 2. The molecule has 1 atom stereocenters. The van der Waals surface area contributed by atoms with Crippen LogP contribution in [-0.2, 0) is 14.3 Å². The Labute approximate surface area is 194 Å². The molecule has 10 heteroatoms. The highest BCUT2D eigenvalue weighted by Gasteiger charge is 2.33. The number of benzene rings is 1. The average Bonchev–Trinajstić information content (AvgIpc) is 3.44. The third-order valence-electron chi connectivity index (χ3n) is 6.44. The number of nitrogens with zero attached hydrogens (tertiary/aromatic N) is 5. The van der Waals surface area contributed by atoms with E-state index in [1.807, 2.05) is 31.2 Å². The molecule has 1 aromatic carbocycles. The molecule has 2 aromatic heterocycles. The lowest BCUT2D eigenvalue weighted by atomic mass is 9.96. The molecule has 0 saturated carbocycles. The normalized spacial score (nSPS) is 18.5. The fraction of sp³-hybridized carbons (Fsp3) is 0.435. The molecule has 0 aliphatic carbocycles. The Kier molecular flexibility index (Phi) is 5.69. The van der Waals surface area contributed by atoms with Crippen molar-refractivity contribution in [1.29, 1.82) is 0 Å². The lowest BCUT2D eigenvalue weighted by Crippen LogP contribution is -2.41. The fourth-order valence-corrected chi connectivity index (χ4v) is 5.65. The Balaban J connectivity index is 1.36. The van der Waals surface area contributed by atoms with Crippen LogP contribution in [0.2, 0.25) is 0 Å². The minimum atomic E-state index is -0.247. The Morgan fingerprint density at radius 2 is 1.91 bits per heavy atom. The summed E-state index contributed by atoms with van der Waals surface area (Å²) in [6, 6.07) is 7.64. The number of aromatic nitrogens is 4. The Morgan fingerprint density at radius 3 is 2.61 bits per heavy atom. The van der Waals surface area contributed by atoms with Crippen molar-refractivity contribution in [2.24, 2.45) is 5.92 Å². The van der Waals surface area contributed by atoms with Crippen LogP contribution in [0, 0.1) is 12.8 Å². The van der Waals surface area contributed by atoms with E-state index >= 15 is 0 Å². The smallest absolute Gasteiger partial charge is 0.308 e. The van der Waals surface area contributed by atoms with Gasteiger partial charge >= 0.3 is 5.97 Å². The number of ether oxygens (including phenoxy) is 1. The topological polar surface area (TPSA) is 99.3 Å². The number of aryl methyl sites for hydroxylation is 1. The zero-order valence-electron chi connectivity index (χ0n) is 18.6. The Hall–Kier alpha value is -3.14. The molecule has 5 rings (SSSR count). The second kappa shape index (κ2) is 8.66. The molecule has 1 fully saturated rings. The van der Waals surface area contributed by atoms with Gasteiger partial charge in [0.05, 0.1) is 31.0 Å². The van der Waals surface area contributed by atoms with Crippen LogP contribution in [0.15, 0.2) is 40.4 Å². The van der Waals surface area contributed by atoms with Crippen LogP contribution in [0.5, 0.6) is 0 Å². The minimum Gasteiger partial charge on any atom is -0.469 e. The third-order valence-corrected chi connectivity index (χ3v) is 7.54. The summed E-state index contributed by atoms with van der Waals surface area (Å²) in [6.07, 6.45) is 3.00. The first-order valence-corrected chi connectivity index (χ1v) is 12.0. The quantitative estimate of drug-likeness (QED) is 0.429. The number of esters is 1. The van der Waals surface area contributed by atoms with Crippen LogP contribution in [0.1, 0.15) is 30.9 Å². The molecule has 2 aliphatic heterocycles. The van der Waals surface area contributed by atoms with Crippen molar-refractivity contribution >= 4 is 34.7 Å². The molecule has 2 aliphatic rings. The molecule has 1 saturated heterocycles.